The highest BCUT2D eigenvalue weighted by Crippen LogP contribution is 2.53. The van der Waals surface area contributed by atoms with Gasteiger partial charge in [-0.15, -0.1) is 0 Å². The molecule has 1 spiro atoms. The van der Waals surface area contributed by atoms with Gasteiger partial charge in [0.05, 0.1) is 5.39 Å². The summed E-state index contributed by atoms with van der Waals surface area (Å²) in [5, 5.41) is 13.3. The van der Waals surface area contributed by atoms with Crippen molar-refractivity contribution in [3.63, 3.8) is 0 Å². The molecule has 0 unspecified atom stereocenters. The summed E-state index contributed by atoms with van der Waals surface area (Å²) >= 11 is 6.16. The summed E-state index contributed by atoms with van der Waals surface area (Å²) in [6.07, 6.45) is 0. The van der Waals surface area contributed by atoms with Gasteiger partial charge in [0.2, 0.25) is 11.8 Å². The van der Waals surface area contributed by atoms with Gasteiger partial charge in [-0.3, -0.25) is 4.79 Å². The van der Waals surface area contributed by atoms with Gasteiger partial charge in [-0.2, -0.15) is 5.26 Å². The van der Waals surface area contributed by atoms with Crippen molar-refractivity contribution < 1.29 is 13.9 Å². The number of carbonyl (C=O) groups is 1. The number of halogens is 1. The van der Waals surface area contributed by atoms with E-state index in [-0.39, 0.29) is 28.4 Å². The van der Waals surface area contributed by atoms with E-state index in [1.165, 1.54) is 6.07 Å². The number of nitrogens with zero attached hydrogens (tertiary/aromatic N) is 1. The molecule has 2 aliphatic heterocycles. The van der Waals surface area contributed by atoms with E-state index >= 15 is 0 Å². The normalized spacial score (nSPS) is 19.8. The molecule has 0 saturated carbocycles. The van der Waals surface area contributed by atoms with Crippen LogP contribution in [0.2, 0.25) is 5.02 Å². The van der Waals surface area contributed by atoms with Crippen molar-refractivity contribution in [3.05, 3.63) is 80.5 Å². The van der Waals surface area contributed by atoms with Gasteiger partial charge >= 0.3 is 5.63 Å². The van der Waals surface area contributed by atoms with Crippen LogP contribution in [0, 0.1) is 11.3 Å². The van der Waals surface area contributed by atoms with Gasteiger partial charge in [-0.1, -0.05) is 23.7 Å². The minimum Gasteiger partial charge on any atom is -0.439 e. The van der Waals surface area contributed by atoms with E-state index < -0.39 is 16.9 Å². The van der Waals surface area contributed by atoms with Crippen molar-refractivity contribution in [3.8, 4) is 11.8 Å². The molecule has 8 heteroatoms. The lowest BCUT2D eigenvalue weighted by Gasteiger charge is -2.32. The first-order chi connectivity index (χ1) is 13.5. The Bertz CT molecular complexity index is 1350. The van der Waals surface area contributed by atoms with Crippen LogP contribution in [0.4, 0.5) is 5.69 Å². The molecule has 7 nitrogen and oxygen atoms in total. The topological polar surface area (TPSA) is 118 Å². The van der Waals surface area contributed by atoms with Crippen molar-refractivity contribution in [1.82, 2.24) is 0 Å². The molecule has 0 saturated heterocycles. The molecule has 1 atom stereocenters. The number of amides is 1. The van der Waals surface area contributed by atoms with Crippen LogP contribution in [0.15, 0.2) is 63.1 Å². The van der Waals surface area contributed by atoms with Gasteiger partial charge in [-0.25, -0.2) is 4.79 Å². The van der Waals surface area contributed by atoms with E-state index in [0.29, 0.717) is 21.7 Å². The highest BCUT2D eigenvalue weighted by atomic mass is 35.5. The van der Waals surface area contributed by atoms with Crippen molar-refractivity contribution in [1.29, 1.82) is 5.26 Å². The first-order valence-corrected chi connectivity index (χ1v) is 8.62. The van der Waals surface area contributed by atoms with Crippen LogP contribution >= 0.6 is 11.6 Å². The average molecular weight is 392 g/mol. The summed E-state index contributed by atoms with van der Waals surface area (Å²) in [4.78, 5) is 26.3. The standard InChI is InChI=1S/C20H10ClN3O4/c21-9-5-6-13-11(7-9)20(19(26)24-13)12(8-22)17(23)28-16-10-3-1-2-4-14(10)27-18(25)15(16)20/h1-7H,23H2,(H,24,26)/t20-/m1/s1. The van der Waals surface area contributed by atoms with E-state index in [4.69, 9.17) is 26.5 Å². The molecule has 2 aromatic carbocycles. The number of nitriles is 1. The first kappa shape index (κ1) is 16.4. The number of fused-ring (bicyclic) bond motifs is 6. The number of rotatable bonds is 0. The third kappa shape index (κ3) is 1.82. The van der Waals surface area contributed by atoms with Crippen LogP contribution in [0.1, 0.15) is 11.1 Å². The summed E-state index contributed by atoms with van der Waals surface area (Å²) < 4.78 is 11.1. The maximum atomic E-state index is 13.3. The molecular weight excluding hydrogens is 382 g/mol. The lowest BCUT2D eigenvalue weighted by Crippen LogP contribution is -2.45. The zero-order valence-corrected chi connectivity index (χ0v) is 14.8. The predicted octanol–water partition coefficient (Wildman–Crippen LogP) is 2.77. The van der Waals surface area contributed by atoms with Crippen LogP contribution in [0.5, 0.6) is 5.75 Å². The monoisotopic (exact) mass is 391 g/mol. The maximum Gasteiger partial charge on any atom is 0.345 e. The number of carbonyl (C=O) groups excluding carboxylic acids is 1. The van der Waals surface area contributed by atoms with Gasteiger partial charge in [0.1, 0.15) is 22.8 Å². The zero-order chi connectivity index (χ0) is 19.6. The molecule has 0 aliphatic carbocycles. The molecule has 5 rings (SSSR count). The highest BCUT2D eigenvalue weighted by Gasteiger charge is 2.58. The zero-order valence-electron chi connectivity index (χ0n) is 14.1. The molecule has 0 bridgehead atoms. The molecule has 1 amide bonds. The third-order valence-corrected chi connectivity index (χ3v) is 5.30. The summed E-state index contributed by atoms with van der Waals surface area (Å²) in [6, 6.07) is 13.4. The second-order valence-electron chi connectivity index (χ2n) is 6.44. The number of para-hydroxylation sites is 1. The summed E-state index contributed by atoms with van der Waals surface area (Å²) in [7, 11) is 0. The number of hydrogen-bond donors (Lipinski definition) is 2. The molecule has 3 heterocycles. The quantitative estimate of drug-likeness (QED) is 0.569. The van der Waals surface area contributed by atoms with Gasteiger partial charge in [0.15, 0.2) is 11.2 Å². The van der Waals surface area contributed by atoms with Crippen molar-refractivity contribution in [2.45, 2.75) is 5.41 Å². The number of hydrogen-bond acceptors (Lipinski definition) is 6. The SMILES string of the molecule is N#CC1=C(N)Oc2c(c(=O)oc3ccccc23)[C@]12C(=O)Nc1ccc(Cl)cc12. The van der Waals surface area contributed by atoms with Crippen LogP contribution in [-0.2, 0) is 10.2 Å². The molecule has 0 radical (unpaired) electrons. The van der Waals surface area contributed by atoms with E-state index in [1.54, 1.807) is 36.4 Å². The van der Waals surface area contributed by atoms with Crippen molar-refractivity contribution in [2.75, 3.05) is 5.32 Å². The minimum atomic E-state index is -1.81. The third-order valence-electron chi connectivity index (χ3n) is 5.06. The van der Waals surface area contributed by atoms with Crippen LogP contribution in [-0.4, -0.2) is 5.91 Å². The Morgan fingerprint density at radius 2 is 1.96 bits per heavy atom. The predicted molar refractivity (Wildman–Crippen MR) is 101 cm³/mol. The smallest absolute Gasteiger partial charge is 0.345 e. The Kier molecular flexibility index (Phi) is 3.15. The summed E-state index contributed by atoms with van der Waals surface area (Å²) in [5.74, 6) is -0.767. The van der Waals surface area contributed by atoms with Crippen LogP contribution in [0.25, 0.3) is 11.0 Å². The van der Waals surface area contributed by atoms with Gasteiger partial charge < -0.3 is 20.2 Å². The molecule has 0 fully saturated rings. The fraction of sp³-hybridized carbons (Fsp3) is 0.0500. The Morgan fingerprint density at radius 3 is 2.75 bits per heavy atom. The molecule has 2 aliphatic rings. The number of ether oxygens (including phenoxy) is 1. The second-order valence-corrected chi connectivity index (χ2v) is 6.87. The Balaban J connectivity index is 2.03. The fourth-order valence-corrected chi connectivity index (χ4v) is 4.10. The number of nitrogens with one attached hydrogen (secondary N) is 1. The first-order valence-electron chi connectivity index (χ1n) is 8.24. The Hall–Kier alpha value is -3.76. The molecule has 1 aromatic heterocycles. The van der Waals surface area contributed by atoms with Crippen molar-refractivity contribution in [2.24, 2.45) is 5.73 Å². The van der Waals surface area contributed by atoms with Crippen LogP contribution < -0.4 is 21.4 Å². The largest absolute Gasteiger partial charge is 0.439 e. The van der Waals surface area contributed by atoms with E-state index in [0.717, 1.165) is 0 Å². The van der Waals surface area contributed by atoms with Crippen LogP contribution in [0.3, 0.4) is 0 Å². The number of benzene rings is 2. The van der Waals surface area contributed by atoms with Crippen molar-refractivity contribution >= 4 is 34.2 Å². The minimum absolute atomic E-state index is 0.0892. The maximum absolute atomic E-state index is 13.3. The Morgan fingerprint density at radius 1 is 1.18 bits per heavy atom. The van der Waals surface area contributed by atoms with Gasteiger partial charge in [0, 0.05) is 16.3 Å². The molecule has 3 N–H and O–H groups in total. The second kappa shape index (κ2) is 5.38. The lowest BCUT2D eigenvalue weighted by atomic mass is 9.69. The fourth-order valence-electron chi connectivity index (χ4n) is 3.93. The summed E-state index contributed by atoms with van der Waals surface area (Å²) in [6.45, 7) is 0. The molecular formula is C20H10ClN3O4. The molecule has 28 heavy (non-hydrogen) atoms. The number of nitrogens with two attached hydrogens (primary N) is 1. The average Bonchev–Trinajstić information content (AvgIpc) is 2.94. The summed E-state index contributed by atoms with van der Waals surface area (Å²) in [5.41, 5.74) is 4.20. The van der Waals surface area contributed by atoms with E-state index in [1.807, 2.05) is 6.07 Å². The highest BCUT2D eigenvalue weighted by molar-refractivity contribution is 6.31. The van der Waals surface area contributed by atoms with E-state index in [2.05, 4.69) is 5.32 Å². The van der Waals surface area contributed by atoms with Gasteiger partial charge in [-0.05, 0) is 30.3 Å². The molecule has 136 valence electrons. The Labute approximate surface area is 162 Å². The molecule has 3 aromatic rings. The number of anilines is 1. The van der Waals surface area contributed by atoms with Gasteiger partial charge in [0.25, 0.3) is 0 Å². The lowest BCUT2D eigenvalue weighted by molar-refractivity contribution is -0.118. The van der Waals surface area contributed by atoms with E-state index in [9.17, 15) is 14.9 Å².